The number of hydrogen-bond acceptors (Lipinski definition) is 5. The Labute approximate surface area is 191 Å². The van der Waals surface area contributed by atoms with Gasteiger partial charge in [-0.1, -0.05) is 47.5 Å². The number of aliphatic hydroxyl groups is 1. The molecule has 0 aromatic heterocycles. The van der Waals surface area contributed by atoms with Crippen LogP contribution in [0.5, 0.6) is 0 Å². The summed E-state index contributed by atoms with van der Waals surface area (Å²) in [5.41, 5.74) is 2.09. The summed E-state index contributed by atoms with van der Waals surface area (Å²) < 4.78 is 0. The van der Waals surface area contributed by atoms with Crippen molar-refractivity contribution in [1.82, 2.24) is 10.0 Å². The van der Waals surface area contributed by atoms with Crippen molar-refractivity contribution in [2.75, 3.05) is 19.6 Å². The SMILES string of the molecule is N=CC(=O)/C(O)=C/C(=O)N1CCCCN1CC(c1ccc(Cl)cc1)c1ccc(Cl)cc1. The van der Waals surface area contributed by atoms with Gasteiger partial charge in [0.05, 0.1) is 12.3 Å². The van der Waals surface area contributed by atoms with Crippen LogP contribution in [-0.2, 0) is 9.59 Å². The van der Waals surface area contributed by atoms with Gasteiger partial charge in [-0.3, -0.25) is 14.6 Å². The summed E-state index contributed by atoms with van der Waals surface area (Å²) in [6.07, 6.45) is 3.10. The van der Waals surface area contributed by atoms with E-state index < -0.39 is 17.4 Å². The number of benzene rings is 2. The van der Waals surface area contributed by atoms with Crippen molar-refractivity contribution >= 4 is 41.1 Å². The summed E-state index contributed by atoms with van der Waals surface area (Å²) in [5, 5.41) is 21.5. The number of halogens is 2. The molecule has 0 spiro atoms. The minimum absolute atomic E-state index is 0.0521. The first-order chi connectivity index (χ1) is 14.9. The number of carbonyl (C=O) groups excluding carboxylic acids is 2. The van der Waals surface area contributed by atoms with E-state index in [9.17, 15) is 14.7 Å². The smallest absolute Gasteiger partial charge is 0.264 e. The molecule has 0 saturated carbocycles. The highest BCUT2D eigenvalue weighted by Gasteiger charge is 2.28. The molecule has 162 valence electrons. The van der Waals surface area contributed by atoms with Gasteiger partial charge in [0.15, 0.2) is 5.76 Å². The zero-order chi connectivity index (χ0) is 22.4. The van der Waals surface area contributed by atoms with Crippen molar-refractivity contribution in [3.8, 4) is 0 Å². The summed E-state index contributed by atoms with van der Waals surface area (Å²) in [7, 11) is 0. The Bertz CT molecular complexity index is 929. The van der Waals surface area contributed by atoms with Gasteiger partial charge in [0.2, 0.25) is 5.78 Å². The minimum atomic E-state index is -0.905. The standard InChI is InChI=1S/C23H23Cl2N3O3/c24-18-7-3-16(4-8-18)20(17-5-9-19(25)10-6-17)15-27-11-1-2-12-28(27)23(31)13-21(29)22(30)14-26/h3-10,13-14,20,26,29H,1-2,11-12,15H2/b21-13-,26-14?. The number of hydrazine groups is 1. The Balaban J connectivity index is 1.89. The van der Waals surface area contributed by atoms with Crippen LogP contribution < -0.4 is 0 Å². The molecule has 2 aromatic rings. The highest BCUT2D eigenvalue weighted by Crippen LogP contribution is 2.29. The van der Waals surface area contributed by atoms with E-state index in [4.69, 9.17) is 28.6 Å². The van der Waals surface area contributed by atoms with Crippen LogP contribution in [0.4, 0.5) is 0 Å². The van der Waals surface area contributed by atoms with Gasteiger partial charge >= 0.3 is 0 Å². The lowest BCUT2D eigenvalue weighted by Crippen LogP contribution is -2.51. The number of aliphatic hydroxyl groups excluding tert-OH is 1. The molecule has 1 aliphatic rings. The molecule has 0 bridgehead atoms. The lowest BCUT2D eigenvalue weighted by Gasteiger charge is -2.40. The molecule has 2 N–H and O–H groups in total. The van der Waals surface area contributed by atoms with Gasteiger partial charge in [-0.15, -0.1) is 0 Å². The quantitative estimate of drug-likeness (QED) is 0.359. The number of hydrogen-bond donors (Lipinski definition) is 2. The number of nitrogens with one attached hydrogen (secondary N) is 1. The van der Waals surface area contributed by atoms with Crippen LogP contribution in [0.2, 0.25) is 10.0 Å². The number of nitrogens with zero attached hydrogens (tertiary/aromatic N) is 2. The maximum Gasteiger partial charge on any atom is 0.264 e. The maximum atomic E-state index is 12.8. The monoisotopic (exact) mass is 459 g/mol. The number of allylic oxidation sites excluding steroid dienone is 1. The first kappa shape index (κ1) is 23.0. The van der Waals surface area contributed by atoms with Gasteiger partial charge in [0, 0.05) is 35.6 Å². The fourth-order valence-electron chi connectivity index (χ4n) is 3.60. The molecule has 1 saturated heterocycles. The Morgan fingerprint density at radius 3 is 2.00 bits per heavy atom. The molecule has 6 nitrogen and oxygen atoms in total. The van der Waals surface area contributed by atoms with Gasteiger partial charge in [-0.25, -0.2) is 5.01 Å². The van der Waals surface area contributed by atoms with Gasteiger partial charge < -0.3 is 10.5 Å². The highest BCUT2D eigenvalue weighted by atomic mass is 35.5. The molecule has 2 aromatic carbocycles. The minimum Gasteiger partial charge on any atom is -0.504 e. The largest absolute Gasteiger partial charge is 0.504 e. The Morgan fingerprint density at radius 1 is 0.968 bits per heavy atom. The van der Waals surface area contributed by atoms with Crippen LogP contribution in [0.25, 0.3) is 0 Å². The van der Waals surface area contributed by atoms with E-state index in [0.717, 1.165) is 30.0 Å². The lowest BCUT2D eigenvalue weighted by molar-refractivity contribution is -0.148. The Kier molecular flexibility index (Phi) is 7.85. The molecule has 1 heterocycles. The van der Waals surface area contributed by atoms with Crippen LogP contribution in [0.3, 0.4) is 0 Å². The highest BCUT2D eigenvalue weighted by molar-refractivity contribution is 6.33. The van der Waals surface area contributed by atoms with Crippen LogP contribution in [0, 0.1) is 5.41 Å². The van der Waals surface area contributed by atoms with Crippen LogP contribution >= 0.6 is 23.2 Å². The van der Waals surface area contributed by atoms with E-state index >= 15 is 0 Å². The fraction of sp³-hybridized carbons (Fsp3) is 0.261. The van der Waals surface area contributed by atoms with Crippen molar-refractivity contribution in [1.29, 1.82) is 5.41 Å². The first-order valence-electron chi connectivity index (χ1n) is 9.92. The molecule has 0 aliphatic carbocycles. The van der Waals surface area contributed by atoms with Gasteiger partial charge in [0.25, 0.3) is 5.91 Å². The fourth-order valence-corrected chi connectivity index (χ4v) is 3.85. The number of amides is 1. The molecular weight excluding hydrogens is 437 g/mol. The number of carbonyl (C=O) groups is 2. The molecule has 0 radical (unpaired) electrons. The van der Waals surface area contributed by atoms with Crippen molar-refractivity contribution in [2.45, 2.75) is 18.8 Å². The molecule has 31 heavy (non-hydrogen) atoms. The molecule has 8 heteroatoms. The second-order valence-electron chi connectivity index (χ2n) is 7.27. The summed E-state index contributed by atoms with van der Waals surface area (Å²) >= 11 is 12.1. The van der Waals surface area contributed by atoms with E-state index in [1.54, 1.807) is 5.01 Å². The van der Waals surface area contributed by atoms with Crippen molar-refractivity contribution in [3.63, 3.8) is 0 Å². The molecule has 1 aliphatic heterocycles. The molecule has 3 rings (SSSR count). The van der Waals surface area contributed by atoms with Crippen molar-refractivity contribution in [3.05, 3.63) is 81.5 Å². The zero-order valence-corrected chi connectivity index (χ0v) is 18.3. The number of rotatable bonds is 7. The van der Waals surface area contributed by atoms with Crippen molar-refractivity contribution < 1.29 is 14.7 Å². The molecule has 0 unspecified atom stereocenters. The van der Waals surface area contributed by atoms with Gasteiger partial charge in [-0.2, -0.15) is 0 Å². The van der Waals surface area contributed by atoms with Crippen LogP contribution in [-0.4, -0.2) is 52.7 Å². The summed E-state index contributed by atoms with van der Waals surface area (Å²) in [6, 6.07) is 15.2. The van der Waals surface area contributed by atoms with Gasteiger partial charge in [-0.05, 0) is 48.2 Å². The second-order valence-corrected chi connectivity index (χ2v) is 8.15. The third-order valence-electron chi connectivity index (χ3n) is 5.21. The molecule has 1 fully saturated rings. The van der Waals surface area contributed by atoms with E-state index in [1.807, 2.05) is 53.5 Å². The summed E-state index contributed by atoms with van der Waals surface area (Å²) in [5.74, 6) is -2.18. The average molecular weight is 460 g/mol. The number of ketones is 1. The predicted molar refractivity (Wildman–Crippen MR) is 122 cm³/mol. The predicted octanol–water partition coefficient (Wildman–Crippen LogP) is 4.63. The molecule has 0 atom stereocenters. The van der Waals surface area contributed by atoms with Crippen molar-refractivity contribution in [2.24, 2.45) is 0 Å². The summed E-state index contributed by atoms with van der Waals surface area (Å²) in [6.45, 7) is 1.66. The van der Waals surface area contributed by atoms with Crippen LogP contribution in [0.15, 0.2) is 60.4 Å². The van der Waals surface area contributed by atoms with E-state index in [0.29, 0.717) is 35.9 Å². The third-order valence-corrected chi connectivity index (χ3v) is 5.72. The van der Waals surface area contributed by atoms with E-state index in [2.05, 4.69) is 0 Å². The Morgan fingerprint density at radius 2 is 1.48 bits per heavy atom. The first-order valence-corrected chi connectivity index (χ1v) is 10.7. The lowest BCUT2D eigenvalue weighted by atomic mass is 9.91. The maximum absolute atomic E-state index is 12.8. The third kappa shape index (κ3) is 5.94. The van der Waals surface area contributed by atoms with Crippen LogP contribution in [0.1, 0.15) is 29.9 Å². The van der Waals surface area contributed by atoms with E-state index in [-0.39, 0.29) is 5.92 Å². The zero-order valence-electron chi connectivity index (χ0n) is 16.8. The molecular formula is C23H23Cl2N3O3. The van der Waals surface area contributed by atoms with E-state index in [1.165, 1.54) is 0 Å². The summed E-state index contributed by atoms with van der Waals surface area (Å²) in [4.78, 5) is 24.2. The molecule has 1 amide bonds. The van der Waals surface area contributed by atoms with Gasteiger partial charge in [0.1, 0.15) is 0 Å². The Hall–Kier alpha value is -2.67. The normalized spacial score (nSPS) is 15.2. The average Bonchev–Trinajstić information content (AvgIpc) is 2.78. The number of Topliss-reactive ketones (excluding diaryl/α,β-unsaturated/α-hetero) is 1. The second kappa shape index (κ2) is 10.6. The topological polar surface area (TPSA) is 84.7 Å².